The zero-order chi connectivity index (χ0) is 8.97. The van der Waals surface area contributed by atoms with Crippen molar-refractivity contribution in [1.29, 1.82) is 0 Å². The average Bonchev–Trinajstić information content (AvgIpc) is 2.03. The fourth-order valence-corrected chi connectivity index (χ4v) is 1.09. The van der Waals surface area contributed by atoms with E-state index in [2.05, 4.69) is 19.1 Å². The molecule has 12 heavy (non-hydrogen) atoms. The van der Waals surface area contributed by atoms with E-state index in [0.717, 1.165) is 12.8 Å². The lowest BCUT2D eigenvalue weighted by atomic mass is 10.0. The zero-order valence-electron chi connectivity index (χ0n) is 7.59. The summed E-state index contributed by atoms with van der Waals surface area (Å²) in [4.78, 5) is 10.5. The number of carbonyl (C=O) groups is 1. The molecule has 1 aliphatic carbocycles. The Morgan fingerprint density at radius 3 is 2.75 bits per heavy atom. The van der Waals surface area contributed by atoms with E-state index in [1.807, 2.05) is 0 Å². The van der Waals surface area contributed by atoms with Gasteiger partial charge in [-0.2, -0.15) is 0 Å². The van der Waals surface area contributed by atoms with Crippen molar-refractivity contribution in [1.82, 2.24) is 0 Å². The molecule has 0 aromatic carbocycles. The largest absolute Gasteiger partial charge is 0.461 e. The first-order valence-corrected chi connectivity index (χ1v) is 4.15. The summed E-state index contributed by atoms with van der Waals surface area (Å²) in [7, 11) is 0. The summed E-state index contributed by atoms with van der Waals surface area (Å²) < 4.78 is 4.88. The molecule has 0 aromatic heterocycles. The Labute approximate surface area is 72.9 Å². The fraction of sp³-hybridized carbons (Fsp3) is 0.500. The first kappa shape index (κ1) is 9.04. The molecule has 2 heteroatoms. The summed E-state index contributed by atoms with van der Waals surface area (Å²) in [5.74, 6) is -0.206. The Hall–Kier alpha value is -1.05. The molecular formula is C10H14O2. The number of esters is 1. The molecule has 1 aliphatic rings. The average molecular weight is 166 g/mol. The quantitative estimate of drug-likeness (QED) is 0.464. The van der Waals surface area contributed by atoms with E-state index < -0.39 is 0 Å². The van der Waals surface area contributed by atoms with Crippen LogP contribution < -0.4 is 0 Å². The highest BCUT2D eigenvalue weighted by Gasteiger charge is 2.03. The Morgan fingerprint density at radius 1 is 1.50 bits per heavy atom. The normalized spacial score (nSPS) is 16.5. The summed E-state index contributed by atoms with van der Waals surface area (Å²) in [6, 6.07) is 0. The van der Waals surface area contributed by atoms with E-state index in [0.29, 0.717) is 6.61 Å². The molecule has 0 radical (unpaired) electrons. The SMILES string of the molecule is CC(=O)OCC1=CCC(C)=CC1. The number of allylic oxidation sites excluding steroid dienone is 3. The Bertz CT molecular complexity index is 236. The van der Waals surface area contributed by atoms with E-state index in [1.54, 1.807) is 0 Å². The second-order valence-corrected chi connectivity index (χ2v) is 3.10. The van der Waals surface area contributed by atoms with Crippen LogP contribution in [0.3, 0.4) is 0 Å². The van der Waals surface area contributed by atoms with Crippen LogP contribution in [0.25, 0.3) is 0 Å². The van der Waals surface area contributed by atoms with Crippen LogP contribution in [0.5, 0.6) is 0 Å². The van der Waals surface area contributed by atoms with Gasteiger partial charge in [-0.25, -0.2) is 0 Å². The van der Waals surface area contributed by atoms with Crippen LogP contribution in [0.4, 0.5) is 0 Å². The number of rotatable bonds is 2. The van der Waals surface area contributed by atoms with Crippen molar-refractivity contribution >= 4 is 5.97 Å². The van der Waals surface area contributed by atoms with Crippen LogP contribution in [-0.4, -0.2) is 12.6 Å². The molecule has 1 rings (SSSR count). The monoisotopic (exact) mass is 166 g/mol. The highest BCUT2D eigenvalue weighted by molar-refractivity contribution is 5.66. The number of carbonyl (C=O) groups excluding carboxylic acids is 1. The van der Waals surface area contributed by atoms with Crippen molar-refractivity contribution in [3.63, 3.8) is 0 Å². The van der Waals surface area contributed by atoms with Gasteiger partial charge in [-0.05, 0) is 25.3 Å². The number of hydrogen-bond donors (Lipinski definition) is 0. The predicted molar refractivity (Wildman–Crippen MR) is 47.7 cm³/mol. The van der Waals surface area contributed by atoms with Crippen LogP contribution in [-0.2, 0) is 9.53 Å². The standard InChI is InChI=1S/C10H14O2/c1-8-3-5-10(6-4-8)7-12-9(2)11/h3,6H,4-5,7H2,1-2H3. The van der Waals surface area contributed by atoms with Crippen molar-refractivity contribution in [3.05, 3.63) is 23.3 Å². The lowest BCUT2D eigenvalue weighted by Gasteiger charge is -2.10. The Kier molecular flexibility index (Phi) is 3.09. The van der Waals surface area contributed by atoms with Gasteiger partial charge in [0.1, 0.15) is 6.61 Å². The number of hydrogen-bond acceptors (Lipinski definition) is 2. The van der Waals surface area contributed by atoms with Crippen LogP contribution in [0, 0.1) is 0 Å². The van der Waals surface area contributed by atoms with E-state index >= 15 is 0 Å². The predicted octanol–water partition coefficient (Wildman–Crippen LogP) is 2.22. The van der Waals surface area contributed by atoms with Gasteiger partial charge in [-0.1, -0.05) is 17.7 Å². The van der Waals surface area contributed by atoms with Crippen molar-refractivity contribution in [2.45, 2.75) is 26.7 Å². The minimum atomic E-state index is -0.206. The van der Waals surface area contributed by atoms with Gasteiger partial charge in [0.15, 0.2) is 0 Å². The molecule has 0 saturated heterocycles. The summed E-state index contributed by atoms with van der Waals surface area (Å²) in [6.07, 6.45) is 6.24. The molecule has 0 spiro atoms. The van der Waals surface area contributed by atoms with Crippen molar-refractivity contribution in [2.75, 3.05) is 6.61 Å². The first-order chi connectivity index (χ1) is 5.68. The smallest absolute Gasteiger partial charge is 0.302 e. The zero-order valence-corrected chi connectivity index (χ0v) is 7.59. The molecular weight excluding hydrogens is 152 g/mol. The van der Waals surface area contributed by atoms with Crippen LogP contribution in [0.1, 0.15) is 26.7 Å². The minimum absolute atomic E-state index is 0.206. The molecule has 0 N–H and O–H groups in total. The molecule has 0 bridgehead atoms. The van der Waals surface area contributed by atoms with Crippen LogP contribution in [0.2, 0.25) is 0 Å². The van der Waals surface area contributed by atoms with Gasteiger partial charge in [-0.15, -0.1) is 0 Å². The molecule has 2 nitrogen and oxygen atoms in total. The summed E-state index contributed by atoms with van der Waals surface area (Å²) >= 11 is 0. The lowest BCUT2D eigenvalue weighted by molar-refractivity contribution is -0.140. The fourth-order valence-electron chi connectivity index (χ4n) is 1.09. The van der Waals surface area contributed by atoms with Crippen LogP contribution >= 0.6 is 0 Å². The van der Waals surface area contributed by atoms with Gasteiger partial charge in [0.05, 0.1) is 0 Å². The summed E-state index contributed by atoms with van der Waals surface area (Å²) in [5.41, 5.74) is 2.59. The lowest BCUT2D eigenvalue weighted by Crippen LogP contribution is -2.04. The molecule has 0 saturated carbocycles. The van der Waals surface area contributed by atoms with E-state index in [4.69, 9.17) is 4.74 Å². The maximum atomic E-state index is 10.5. The Balaban J connectivity index is 2.31. The van der Waals surface area contributed by atoms with Crippen molar-refractivity contribution in [3.8, 4) is 0 Å². The molecule has 66 valence electrons. The van der Waals surface area contributed by atoms with Crippen LogP contribution in [0.15, 0.2) is 23.3 Å². The molecule has 0 aliphatic heterocycles. The highest BCUT2D eigenvalue weighted by Crippen LogP contribution is 2.16. The van der Waals surface area contributed by atoms with Gasteiger partial charge in [0, 0.05) is 6.92 Å². The second-order valence-electron chi connectivity index (χ2n) is 3.10. The van der Waals surface area contributed by atoms with Crippen molar-refractivity contribution < 1.29 is 9.53 Å². The minimum Gasteiger partial charge on any atom is -0.461 e. The van der Waals surface area contributed by atoms with E-state index in [1.165, 1.54) is 18.1 Å². The summed E-state index contributed by atoms with van der Waals surface area (Å²) in [6.45, 7) is 4.00. The van der Waals surface area contributed by atoms with Gasteiger partial charge in [0.2, 0.25) is 0 Å². The second kappa shape index (κ2) is 4.10. The highest BCUT2D eigenvalue weighted by atomic mass is 16.5. The Morgan fingerprint density at radius 2 is 2.25 bits per heavy atom. The number of ether oxygens (including phenoxy) is 1. The van der Waals surface area contributed by atoms with Crippen molar-refractivity contribution in [2.24, 2.45) is 0 Å². The van der Waals surface area contributed by atoms with Gasteiger partial charge in [0.25, 0.3) is 0 Å². The molecule has 0 fully saturated rings. The van der Waals surface area contributed by atoms with E-state index in [9.17, 15) is 4.79 Å². The van der Waals surface area contributed by atoms with Gasteiger partial charge in [-0.3, -0.25) is 4.79 Å². The molecule has 0 heterocycles. The maximum Gasteiger partial charge on any atom is 0.302 e. The topological polar surface area (TPSA) is 26.3 Å². The maximum absolute atomic E-state index is 10.5. The van der Waals surface area contributed by atoms with E-state index in [-0.39, 0.29) is 5.97 Å². The van der Waals surface area contributed by atoms with Gasteiger partial charge >= 0.3 is 5.97 Å². The third-order valence-electron chi connectivity index (χ3n) is 1.89. The molecule has 0 unspecified atom stereocenters. The molecule has 0 amide bonds. The molecule has 0 atom stereocenters. The summed E-state index contributed by atoms with van der Waals surface area (Å²) in [5, 5.41) is 0. The third-order valence-corrected chi connectivity index (χ3v) is 1.89. The van der Waals surface area contributed by atoms with Gasteiger partial charge < -0.3 is 4.74 Å². The molecule has 0 aromatic rings. The third kappa shape index (κ3) is 2.91. The first-order valence-electron chi connectivity index (χ1n) is 4.15.